The molecule has 2 saturated heterocycles. The number of carbonyl (C=O) groups is 1. The molecule has 4 fully saturated rings. The summed E-state index contributed by atoms with van der Waals surface area (Å²) in [7, 11) is -3.39. The average molecular weight is 331 g/mol. The summed E-state index contributed by atoms with van der Waals surface area (Å²) in [4.78, 5) is 14.1. The number of nitrogens with zero attached hydrogens (tertiary/aromatic N) is 1. The van der Waals surface area contributed by atoms with Gasteiger partial charge in [0, 0.05) is 24.9 Å². The zero-order valence-corrected chi connectivity index (χ0v) is 13.2. The molecule has 22 heavy (non-hydrogen) atoms. The van der Waals surface area contributed by atoms with Gasteiger partial charge in [-0.3, -0.25) is 13.9 Å². The molecule has 0 N–H and O–H groups in total. The zero-order valence-electron chi connectivity index (χ0n) is 12.3. The number of fused-ring (bicyclic) bond motifs is 5. The summed E-state index contributed by atoms with van der Waals surface area (Å²) >= 11 is 0. The second kappa shape index (κ2) is 5.43. The van der Waals surface area contributed by atoms with Crippen LogP contribution in [0.3, 0.4) is 0 Å². The summed E-state index contributed by atoms with van der Waals surface area (Å²) < 4.78 is 39.6. The summed E-state index contributed by atoms with van der Waals surface area (Å²) in [5.41, 5.74) is 0. The minimum atomic E-state index is -3.39. The van der Waals surface area contributed by atoms with E-state index < -0.39 is 10.1 Å². The van der Waals surface area contributed by atoms with E-state index in [1.54, 1.807) is 0 Å². The molecule has 5 unspecified atom stereocenters. The summed E-state index contributed by atoms with van der Waals surface area (Å²) in [6, 6.07) is 0. The van der Waals surface area contributed by atoms with Crippen molar-refractivity contribution in [2.75, 3.05) is 39.5 Å². The lowest BCUT2D eigenvalue weighted by Crippen LogP contribution is -2.42. The third kappa shape index (κ3) is 2.46. The van der Waals surface area contributed by atoms with E-state index in [1.807, 2.05) is 4.90 Å². The van der Waals surface area contributed by atoms with Gasteiger partial charge in [0.15, 0.2) is 0 Å². The van der Waals surface area contributed by atoms with Crippen LogP contribution in [0, 0.1) is 17.8 Å². The molecular formula is C14H21NO6S. The van der Waals surface area contributed by atoms with Gasteiger partial charge in [0.25, 0.3) is 10.1 Å². The van der Waals surface area contributed by atoms with E-state index in [4.69, 9.17) is 13.7 Å². The van der Waals surface area contributed by atoms with Crippen molar-refractivity contribution in [2.24, 2.45) is 17.8 Å². The van der Waals surface area contributed by atoms with Crippen LogP contribution in [0.15, 0.2) is 0 Å². The molecule has 4 rings (SSSR count). The predicted molar refractivity (Wildman–Crippen MR) is 75.5 cm³/mol. The number of hydrogen-bond acceptors (Lipinski definition) is 7. The minimum Gasteiger partial charge on any atom is -0.461 e. The first-order valence-electron chi connectivity index (χ1n) is 7.92. The van der Waals surface area contributed by atoms with Crippen LogP contribution in [-0.2, 0) is 28.6 Å². The van der Waals surface area contributed by atoms with Crippen LogP contribution in [0.25, 0.3) is 0 Å². The van der Waals surface area contributed by atoms with Crippen molar-refractivity contribution >= 4 is 16.1 Å². The maximum Gasteiger partial charge on any atom is 0.320 e. The Balaban J connectivity index is 1.35. The van der Waals surface area contributed by atoms with Gasteiger partial charge >= 0.3 is 5.97 Å². The van der Waals surface area contributed by atoms with Gasteiger partial charge in [-0.15, -0.1) is 0 Å². The second-order valence-corrected chi connectivity index (χ2v) is 8.48. The van der Waals surface area contributed by atoms with Crippen molar-refractivity contribution in [2.45, 2.75) is 24.2 Å². The van der Waals surface area contributed by atoms with Gasteiger partial charge in [-0.2, -0.15) is 8.42 Å². The monoisotopic (exact) mass is 331 g/mol. The quantitative estimate of drug-likeness (QED) is 0.515. The van der Waals surface area contributed by atoms with Gasteiger partial charge < -0.3 is 9.47 Å². The van der Waals surface area contributed by atoms with E-state index >= 15 is 0 Å². The number of carbonyl (C=O) groups excluding carboxylic acids is 1. The minimum absolute atomic E-state index is 0.00457. The van der Waals surface area contributed by atoms with Crippen LogP contribution in [0.5, 0.6) is 0 Å². The van der Waals surface area contributed by atoms with Gasteiger partial charge in [-0.05, 0) is 18.8 Å². The third-order valence-electron chi connectivity index (χ3n) is 5.52. The topological polar surface area (TPSA) is 82.1 Å². The van der Waals surface area contributed by atoms with Crippen molar-refractivity contribution in [3.63, 3.8) is 0 Å². The highest BCUT2D eigenvalue weighted by Crippen LogP contribution is 2.55. The molecule has 0 aromatic heterocycles. The molecule has 2 bridgehead atoms. The molecule has 0 spiro atoms. The summed E-state index contributed by atoms with van der Waals surface area (Å²) in [6.07, 6.45) is 1.35. The second-order valence-electron chi connectivity index (χ2n) is 6.72. The molecule has 2 saturated carbocycles. The Bertz CT molecular complexity index is 558. The molecule has 2 aliphatic heterocycles. The zero-order chi connectivity index (χ0) is 15.3. The lowest BCUT2D eigenvalue weighted by molar-refractivity contribution is -0.154. The molecule has 5 atom stereocenters. The smallest absolute Gasteiger partial charge is 0.320 e. The fourth-order valence-electron chi connectivity index (χ4n) is 4.59. The van der Waals surface area contributed by atoms with E-state index in [-0.39, 0.29) is 41.7 Å². The highest BCUT2D eigenvalue weighted by molar-refractivity contribution is 7.87. The summed E-state index contributed by atoms with van der Waals surface area (Å²) in [5, 5.41) is -0.369. The van der Waals surface area contributed by atoms with Crippen molar-refractivity contribution in [3.8, 4) is 0 Å². The summed E-state index contributed by atoms with van der Waals surface area (Å²) in [6.45, 7) is 3.36. The maximum atomic E-state index is 12.1. The Kier molecular flexibility index (Phi) is 3.67. The highest BCUT2D eigenvalue weighted by atomic mass is 32.2. The van der Waals surface area contributed by atoms with Crippen LogP contribution in [-0.4, -0.2) is 70.1 Å². The third-order valence-corrected chi connectivity index (χ3v) is 7.39. The molecular weight excluding hydrogens is 310 g/mol. The molecule has 0 radical (unpaired) electrons. The first-order valence-corrected chi connectivity index (χ1v) is 9.39. The maximum absolute atomic E-state index is 12.1. The molecule has 7 nitrogen and oxygen atoms in total. The normalized spacial score (nSPS) is 43.2. The van der Waals surface area contributed by atoms with Crippen molar-refractivity contribution in [3.05, 3.63) is 0 Å². The summed E-state index contributed by atoms with van der Waals surface area (Å²) in [5.74, 6) is 0.0207. The predicted octanol–water partition coefficient (Wildman–Crippen LogP) is -0.385. The van der Waals surface area contributed by atoms with E-state index in [0.717, 1.165) is 19.5 Å². The van der Waals surface area contributed by atoms with Crippen molar-refractivity contribution in [1.29, 1.82) is 0 Å². The largest absolute Gasteiger partial charge is 0.461 e. The number of esters is 1. The van der Waals surface area contributed by atoms with E-state index in [9.17, 15) is 13.2 Å². The molecule has 4 aliphatic rings. The van der Waals surface area contributed by atoms with Gasteiger partial charge in [-0.25, -0.2) is 0 Å². The first kappa shape index (κ1) is 14.9. The van der Waals surface area contributed by atoms with Crippen LogP contribution < -0.4 is 0 Å². The number of hydrogen-bond donors (Lipinski definition) is 0. The van der Waals surface area contributed by atoms with Crippen LogP contribution in [0.4, 0.5) is 0 Å². The number of rotatable bonds is 3. The molecule has 2 heterocycles. The molecule has 124 valence electrons. The highest BCUT2D eigenvalue weighted by Gasteiger charge is 2.62. The van der Waals surface area contributed by atoms with Crippen LogP contribution >= 0.6 is 0 Å². The molecule has 8 heteroatoms. The van der Waals surface area contributed by atoms with Gasteiger partial charge in [0.05, 0.1) is 31.6 Å². The lowest BCUT2D eigenvalue weighted by Gasteiger charge is -2.30. The molecule has 2 aliphatic carbocycles. The lowest BCUT2D eigenvalue weighted by atomic mass is 9.87. The Labute approximate surface area is 130 Å². The number of ether oxygens (including phenoxy) is 2. The van der Waals surface area contributed by atoms with E-state index in [1.165, 1.54) is 0 Å². The Morgan fingerprint density at radius 1 is 1.18 bits per heavy atom. The number of morpholine rings is 1. The van der Waals surface area contributed by atoms with E-state index in [2.05, 4.69) is 0 Å². The van der Waals surface area contributed by atoms with Crippen LogP contribution in [0.2, 0.25) is 0 Å². The molecule has 0 aromatic rings. The Hall–Kier alpha value is -0.700. The van der Waals surface area contributed by atoms with Crippen molar-refractivity contribution in [1.82, 2.24) is 4.90 Å². The van der Waals surface area contributed by atoms with Gasteiger partial charge in [-0.1, -0.05) is 0 Å². The Morgan fingerprint density at radius 3 is 2.73 bits per heavy atom. The van der Waals surface area contributed by atoms with Crippen molar-refractivity contribution < 1.29 is 26.9 Å². The molecule has 0 aromatic carbocycles. The Morgan fingerprint density at radius 2 is 1.95 bits per heavy atom. The standard InChI is InChI=1S/C14H21NO6S/c16-13(7-15-1-3-19-4-2-15)21-12-6-9-5-10(12)11-8-20-22(17,18)14(9)11/h9-12,14H,1-8H2. The van der Waals surface area contributed by atoms with Gasteiger partial charge in [0.2, 0.25) is 0 Å². The first-order chi connectivity index (χ1) is 10.5. The molecule has 0 amide bonds. The fraction of sp³-hybridized carbons (Fsp3) is 0.929. The average Bonchev–Trinajstić information content (AvgIpc) is 3.12. The fourth-order valence-corrected chi connectivity index (χ4v) is 6.49. The van der Waals surface area contributed by atoms with Crippen LogP contribution in [0.1, 0.15) is 12.8 Å². The van der Waals surface area contributed by atoms with E-state index in [0.29, 0.717) is 26.2 Å². The van der Waals surface area contributed by atoms with Gasteiger partial charge in [0.1, 0.15) is 6.10 Å². The SMILES string of the molecule is O=C(CN1CCOCC1)OC1CC2CC1C1COS(=O)(=O)C21.